The van der Waals surface area contributed by atoms with Crippen LogP contribution in [-0.2, 0) is 34.3 Å². The van der Waals surface area contributed by atoms with Gasteiger partial charge in [0.05, 0.1) is 17.6 Å². The number of benzene rings is 3. The largest absolute Gasteiger partial charge is 0.493 e. The van der Waals surface area contributed by atoms with Gasteiger partial charge in [0.2, 0.25) is 10.0 Å². The quantitative estimate of drug-likeness (QED) is 0.402. The number of rotatable bonds is 11. The van der Waals surface area contributed by atoms with Gasteiger partial charge in [-0.1, -0.05) is 66.7 Å². The van der Waals surface area contributed by atoms with Gasteiger partial charge in [-0.25, -0.2) is 8.42 Å². The van der Waals surface area contributed by atoms with Crippen LogP contribution in [0.5, 0.6) is 5.75 Å². The molecule has 0 saturated heterocycles. The summed E-state index contributed by atoms with van der Waals surface area (Å²) in [6, 6.07) is 21.5. The van der Waals surface area contributed by atoms with Crippen LogP contribution < -0.4 is 4.74 Å². The van der Waals surface area contributed by atoms with E-state index >= 15 is 0 Å². The molecule has 7 nitrogen and oxygen atoms in total. The van der Waals surface area contributed by atoms with Crippen LogP contribution in [0.2, 0.25) is 0 Å². The molecule has 1 heterocycles. The van der Waals surface area contributed by atoms with Crippen LogP contribution in [0.1, 0.15) is 35.1 Å². The van der Waals surface area contributed by atoms with Crippen molar-refractivity contribution in [2.75, 3.05) is 6.61 Å². The fourth-order valence-electron chi connectivity index (χ4n) is 4.10. The number of hydrogen-bond acceptors (Lipinski definition) is 5. The molecule has 0 aliphatic carbocycles. The topological polar surface area (TPSA) is 104 Å². The molecule has 1 aliphatic heterocycles. The Balaban J connectivity index is 1.31. The lowest BCUT2D eigenvalue weighted by atomic mass is 10.1. The number of aryl methyl sites for hydroxylation is 1. The Morgan fingerprint density at radius 2 is 1.72 bits per heavy atom. The maximum Gasteiger partial charge on any atom is 0.303 e. The molecule has 0 radical (unpaired) electrons. The summed E-state index contributed by atoms with van der Waals surface area (Å²) in [7, 11) is -3.56. The highest BCUT2D eigenvalue weighted by atomic mass is 32.2. The number of sulfonamides is 1. The molecule has 188 valence electrons. The van der Waals surface area contributed by atoms with Gasteiger partial charge >= 0.3 is 5.97 Å². The fraction of sp³-hybridized carbons (Fsp3) is 0.250. The van der Waals surface area contributed by atoms with Crippen LogP contribution >= 0.6 is 0 Å². The highest BCUT2D eigenvalue weighted by Crippen LogP contribution is 2.29. The van der Waals surface area contributed by atoms with Crippen molar-refractivity contribution < 1.29 is 28.2 Å². The Morgan fingerprint density at radius 1 is 1.00 bits per heavy atom. The van der Waals surface area contributed by atoms with Gasteiger partial charge in [-0.15, -0.1) is 0 Å². The van der Waals surface area contributed by atoms with E-state index in [0.29, 0.717) is 31.7 Å². The van der Waals surface area contributed by atoms with E-state index < -0.39 is 22.1 Å². The zero-order valence-corrected chi connectivity index (χ0v) is 20.6. The van der Waals surface area contributed by atoms with Crippen LogP contribution in [-0.4, -0.2) is 41.6 Å². The number of ether oxygens (including phenoxy) is 1. The fourth-order valence-corrected chi connectivity index (χ4v) is 5.52. The number of nitrogens with zero attached hydrogens (tertiary/aromatic N) is 1. The zero-order valence-electron chi connectivity index (χ0n) is 19.8. The minimum Gasteiger partial charge on any atom is -0.493 e. The summed E-state index contributed by atoms with van der Waals surface area (Å²) in [5.74, 6) is -0.231. The lowest BCUT2D eigenvalue weighted by Crippen LogP contribution is -2.25. The van der Waals surface area contributed by atoms with Gasteiger partial charge in [0.15, 0.2) is 0 Å². The molecule has 4 rings (SSSR count). The Kier molecular flexibility index (Phi) is 8.20. The van der Waals surface area contributed by atoms with Crippen molar-refractivity contribution in [3.05, 3.63) is 101 Å². The molecule has 0 fully saturated rings. The van der Waals surface area contributed by atoms with Gasteiger partial charge in [0.25, 0.3) is 0 Å². The maximum absolute atomic E-state index is 12.9. The molecule has 1 atom stereocenters. The monoisotopic (exact) mass is 507 g/mol. The molecule has 3 aromatic carbocycles. The first kappa shape index (κ1) is 25.6. The van der Waals surface area contributed by atoms with Crippen molar-refractivity contribution in [1.82, 2.24) is 4.31 Å². The molecule has 2 N–H and O–H groups in total. The second kappa shape index (κ2) is 11.5. The van der Waals surface area contributed by atoms with Crippen molar-refractivity contribution in [3.63, 3.8) is 0 Å². The smallest absolute Gasteiger partial charge is 0.303 e. The first-order valence-corrected chi connectivity index (χ1v) is 13.2. The number of fused-ring (bicyclic) bond motifs is 1. The normalized spacial score (nSPS) is 14.6. The molecular weight excluding hydrogens is 478 g/mol. The summed E-state index contributed by atoms with van der Waals surface area (Å²) in [6.07, 6.45) is 3.57. The number of carboxylic acids is 1. The Labute approximate surface area is 211 Å². The summed E-state index contributed by atoms with van der Waals surface area (Å²) in [5, 5.41) is 19.3. The maximum atomic E-state index is 12.9. The molecule has 8 heteroatoms. The van der Waals surface area contributed by atoms with Crippen LogP contribution in [0.3, 0.4) is 0 Å². The van der Waals surface area contributed by atoms with Gasteiger partial charge in [-0.05, 0) is 46.9 Å². The summed E-state index contributed by atoms with van der Waals surface area (Å²) < 4.78 is 33.1. The molecule has 0 spiro atoms. The predicted octanol–water partition coefficient (Wildman–Crippen LogP) is 4.25. The average molecular weight is 508 g/mol. The number of aliphatic carboxylic acids is 1. The summed E-state index contributed by atoms with van der Waals surface area (Å²) in [4.78, 5) is 11.1. The molecule has 36 heavy (non-hydrogen) atoms. The molecular formula is C28H29NO6S. The molecule has 0 bridgehead atoms. The van der Waals surface area contributed by atoms with Crippen LogP contribution in [0, 0.1) is 0 Å². The van der Waals surface area contributed by atoms with Crippen molar-refractivity contribution in [2.24, 2.45) is 0 Å². The lowest BCUT2D eigenvalue weighted by Gasteiger charge is -2.15. The first-order chi connectivity index (χ1) is 17.3. The average Bonchev–Trinajstić information content (AvgIpc) is 3.32. The van der Waals surface area contributed by atoms with Crippen LogP contribution in [0.15, 0.2) is 83.8 Å². The summed E-state index contributed by atoms with van der Waals surface area (Å²) >= 11 is 0. The Hall–Kier alpha value is -3.46. The van der Waals surface area contributed by atoms with Gasteiger partial charge in [0, 0.05) is 25.9 Å². The number of para-hydroxylation sites is 1. The number of aliphatic hydroxyl groups excluding tert-OH is 1. The highest BCUT2D eigenvalue weighted by molar-refractivity contribution is 7.89. The molecule has 0 amide bonds. The van der Waals surface area contributed by atoms with E-state index in [2.05, 4.69) is 0 Å². The number of hydrogen-bond donors (Lipinski definition) is 2. The van der Waals surface area contributed by atoms with Crippen molar-refractivity contribution in [1.29, 1.82) is 0 Å². The van der Waals surface area contributed by atoms with Gasteiger partial charge in [0.1, 0.15) is 5.75 Å². The molecule has 3 aromatic rings. The van der Waals surface area contributed by atoms with Gasteiger partial charge in [-0.3, -0.25) is 4.79 Å². The molecule has 0 saturated carbocycles. The molecule has 1 aliphatic rings. The highest BCUT2D eigenvalue weighted by Gasteiger charge is 2.30. The standard InChI is InChI=1S/C28H29NO6S/c30-25(16-17-35-27-9-5-4-6-22(27)13-15-28(31)32)14-11-21-10-12-23-19-29(20-24(23)18-21)36(33,34)26-7-2-1-3-8-26/h1-12,14,18,25,30H,13,15-17,19-20H2,(H,31,32)/b14-11+/t25-/m0/s1. The van der Waals surface area contributed by atoms with Gasteiger partial charge < -0.3 is 14.9 Å². The third-order valence-corrected chi connectivity index (χ3v) is 7.87. The third kappa shape index (κ3) is 6.40. The van der Waals surface area contributed by atoms with E-state index in [1.54, 1.807) is 42.5 Å². The number of carboxylic acid groups (broad SMARTS) is 1. The van der Waals surface area contributed by atoms with E-state index in [9.17, 15) is 18.3 Å². The van der Waals surface area contributed by atoms with Crippen molar-refractivity contribution in [2.45, 2.75) is 43.4 Å². The van der Waals surface area contributed by atoms with Crippen LogP contribution in [0.25, 0.3) is 6.08 Å². The van der Waals surface area contributed by atoms with E-state index in [1.807, 2.05) is 42.5 Å². The second-order valence-electron chi connectivity index (χ2n) is 8.68. The Morgan fingerprint density at radius 3 is 2.50 bits per heavy atom. The van der Waals surface area contributed by atoms with Crippen molar-refractivity contribution >= 4 is 22.1 Å². The SMILES string of the molecule is O=C(O)CCc1ccccc1OCC[C@@H](O)/C=C/c1ccc2c(c1)CN(S(=O)(=O)c1ccccc1)C2. The molecule has 0 unspecified atom stereocenters. The number of carbonyl (C=O) groups is 1. The second-order valence-corrected chi connectivity index (χ2v) is 10.6. The van der Waals surface area contributed by atoms with Gasteiger partial charge in [-0.2, -0.15) is 4.31 Å². The predicted molar refractivity (Wildman–Crippen MR) is 137 cm³/mol. The van der Waals surface area contributed by atoms with E-state index in [0.717, 1.165) is 22.3 Å². The summed E-state index contributed by atoms with van der Waals surface area (Å²) in [6.45, 7) is 0.933. The summed E-state index contributed by atoms with van der Waals surface area (Å²) in [5.41, 5.74) is 3.63. The minimum atomic E-state index is -3.56. The van der Waals surface area contributed by atoms with Crippen molar-refractivity contribution in [3.8, 4) is 5.75 Å². The molecule has 0 aromatic heterocycles. The third-order valence-electron chi connectivity index (χ3n) is 6.07. The van der Waals surface area contributed by atoms with Crippen LogP contribution in [0.4, 0.5) is 0 Å². The van der Waals surface area contributed by atoms with E-state index in [4.69, 9.17) is 9.84 Å². The minimum absolute atomic E-state index is 0.0302. The van der Waals surface area contributed by atoms with E-state index in [-0.39, 0.29) is 17.9 Å². The van der Waals surface area contributed by atoms with E-state index in [1.165, 1.54) is 4.31 Å². The Bertz CT molecular complexity index is 1340. The zero-order chi connectivity index (χ0) is 25.5. The first-order valence-electron chi connectivity index (χ1n) is 11.8. The number of aliphatic hydroxyl groups is 1. The lowest BCUT2D eigenvalue weighted by molar-refractivity contribution is -0.136.